The number of fused-ring (bicyclic) bond motifs is 2. The summed E-state index contributed by atoms with van der Waals surface area (Å²) in [6, 6.07) is 8.46. The number of amides is 1. The highest BCUT2D eigenvalue weighted by molar-refractivity contribution is 7.21. The summed E-state index contributed by atoms with van der Waals surface area (Å²) in [6.07, 6.45) is 4.30. The number of aryl methyl sites for hydroxylation is 2. The van der Waals surface area contributed by atoms with Crippen LogP contribution in [0, 0.1) is 6.92 Å². The van der Waals surface area contributed by atoms with E-state index in [2.05, 4.69) is 31.2 Å². The molecule has 4 N–H and O–H groups in total. The Morgan fingerprint density at radius 3 is 2.52 bits per heavy atom. The summed E-state index contributed by atoms with van der Waals surface area (Å²) >= 11 is 1.31. The summed E-state index contributed by atoms with van der Waals surface area (Å²) in [5.74, 6) is -0.483. The van der Waals surface area contributed by atoms with Crippen LogP contribution in [0.4, 0.5) is 5.69 Å². The van der Waals surface area contributed by atoms with Crippen molar-refractivity contribution in [2.24, 2.45) is 5.73 Å². The molecule has 1 aliphatic rings. The van der Waals surface area contributed by atoms with Crippen molar-refractivity contribution in [2.45, 2.75) is 32.6 Å². The van der Waals surface area contributed by atoms with Crippen molar-refractivity contribution >= 4 is 33.1 Å². The fourth-order valence-corrected chi connectivity index (χ4v) is 4.50. The van der Waals surface area contributed by atoms with Gasteiger partial charge in [-0.3, -0.25) is 4.79 Å². The van der Waals surface area contributed by atoms with E-state index in [0.29, 0.717) is 10.6 Å². The molecule has 6 heteroatoms. The number of hydrogen-bond donors (Lipinski definition) is 2. The predicted octanol–water partition coefficient (Wildman–Crippen LogP) is 0.836. The number of rotatable bonds is 2. The third-order valence-electron chi connectivity index (χ3n) is 4.72. The molecule has 1 amide bonds. The Balaban J connectivity index is 0.00000182. The molecule has 3 aromatic rings. The molecular weight excluding hydrogens is 354 g/mol. The van der Waals surface area contributed by atoms with Gasteiger partial charge in [0, 0.05) is 11.1 Å². The van der Waals surface area contributed by atoms with Gasteiger partial charge in [0.25, 0.3) is 5.91 Å². The Hall–Kier alpha value is -2.11. The first-order valence-electron chi connectivity index (χ1n) is 8.17. The van der Waals surface area contributed by atoms with Crippen LogP contribution in [0.2, 0.25) is 0 Å². The van der Waals surface area contributed by atoms with E-state index in [1.807, 2.05) is 0 Å². The molecule has 130 valence electrons. The van der Waals surface area contributed by atoms with Crippen LogP contribution in [0.1, 0.15) is 39.3 Å². The van der Waals surface area contributed by atoms with Gasteiger partial charge in [-0.25, -0.2) is 4.98 Å². The summed E-state index contributed by atoms with van der Waals surface area (Å²) in [6.45, 7) is 2.07. The highest BCUT2D eigenvalue weighted by Crippen LogP contribution is 2.43. The van der Waals surface area contributed by atoms with Crippen LogP contribution in [-0.4, -0.2) is 10.9 Å². The van der Waals surface area contributed by atoms with Crippen LogP contribution in [-0.2, 0) is 12.8 Å². The number of anilines is 1. The van der Waals surface area contributed by atoms with Crippen molar-refractivity contribution in [1.29, 1.82) is 0 Å². The number of aromatic nitrogens is 1. The Morgan fingerprint density at radius 1 is 1.16 bits per heavy atom. The highest BCUT2D eigenvalue weighted by atomic mass is 35.5. The van der Waals surface area contributed by atoms with Crippen molar-refractivity contribution in [1.82, 2.24) is 4.98 Å². The van der Waals surface area contributed by atoms with Gasteiger partial charge in [-0.2, -0.15) is 0 Å². The van der Waals surface area contributed by atoms with E-state index in [0.717, 1.165) is 52.7 Å². The molecule has 0 saturated carbocycles. The maximum absolute atomic E-state index is 11.7. The second-order valence-electron chi connectivity index (χ2n) is 6.37. The molecule has 2 heterocycles. The van der Waals surface area contributed by atoms with Crippen LogP contribution in [0.15, 0.2) is 24.3 Å². The van der Waals surface area contributed by atoms with Crippen molar-refractivity contribution in [3.05, 3.63) is 46.0 Å². The molecule has 4 rings (SSSR count). The lowest BCUT2D eigenvalue weighted by molar-refractivity contribution is -0.0000132. The van der Waals surface area contributed by atoms with Crippen molar-refractivity contribution in [3.8, 4) is 11.1 Å². The SMILES string of the molecule is Cc1ccc(-c2c3c(nc4sc(C(N)=O)c(N)c24)CCCC3)cc1.[Cl-]. The normalized spacial score (nSPS) is 13.3. The maximum atomic E-state index is 11.7. The number of nitrogens with zero attached hydrogens (tertiary/aromatic N) is 1. The first-order valence-corrected chi connectivity index (χ1v) is 8.98. The molecule has 0 fully saturated rings. The topological polar surface area (TPSA) is 82.0 Å². The minimum absolute atomic E-state index is 0. The monoisotopic (exact) mass is 372 g/mol. The number of nitrogen functional groups attached to an aromatic ring is 1. The third kappa shape index (κ3) is 2.87. The smallest absolute Gasteiger partial charge is 0.260 e. The number of halogens is 1. The second-order valence-corrected chi connectivity index (χ2v) is 7.37. The number of thiophene rings is 1. The van der Waals surface area contributed by atoms with Gasteiger partial charge in [0.05, 0.1) is 5.69 Å². The third-order valence-corrected chi connectivity index (χ3v) is 5.83. The standard InChI is InChI=1S/C19H19N3OS.ClH/c1-10-6-8-11(9-7-10)14-12-4-2-3-5-13(12)22-19-15(14)16(20)17(24-19)18(21)23;/h6-9H,2-5,20H2,1H3,(H2,21,23);1H/p-1. The van der Waals surface area contributed by atoms with Gasteiger partial charge in [0.1, 0.15) is 9.71 Å². The van der Waals surface area contributed by atoms with Crippen LogP contribution in [0.5, 0.6) is 0 Å². The molecule has 4 nitrogen and oxygen atoms in total. The fraction of sp³-hybridized carbons (Fsp3) is 0.263. The van der Waals surface area contributed by atoms with Crippen molar-refractivity contribution in [3.63, 3.8) is 0 Å². The summed E-state index contributed by atoms with van der Waals surface area (Å²) < 4.78 is 0. The number of hydrogen-bond acceptors (Lipinski definition) is 4. The predicted molar refractivity (Wildman–Crippen MR) is 99.4 cm³/mol. The molecule has 1 aromatic carbocycles. The van der Waals surface area contributed by atoms with Gasteiger partial charge in [-0.05, 0) is 49.3 Å². The van der Waals surface area contributed by atoms with E-state index in [4.69, 9.17) is 16.5 Å². The number of carbonyl (C=O) groups is 1. The van der Waals surface area contributed by atoms with Gasteiger partial charge in [0.2, 0.25) is 0 Å². The minimum atomic E-state index is -0.483. The molecule has 0 unspecified atom stereocenters. The van der Waals surface area contributed by atoms with Gasteiger partial charge in [-0.1, -0.05) is 29.8 Å². The molecule has 2 aromatic heterocycles. The summed E-state index contributed by atoms with van der Waals surface area (Å²) in [5.41, 5.74) is 18.2. The van der Waals surface area contributed by atoms with Gasteiger partial charge >= 0.3 is 0 Å². The number of benzene rings is 1. The Kier molecular flexibility index (Phi) is 4.71. The zero-order valence-electron chi connectivity index (χ0n) is 13.9. The molecule has 0 spiro atoms. The molecule has 0 aliphatic heterocycles. The maximum Gasteiger partial charge on any atom is 0.260 e. The molecule has 0 atom stereocenters. The largest absolute Gasteiger partial charge is 1.00 e. The highest BCUT2D eigenvalue weighted by Gasteiger charge is 2.24. The van der Waals surface area contributed by atoms with E-state index in [1.54, 1.807) is 0 Å². The van der Waals surface area contributed by atoms with E-state index in [9.17, 15) is 4.79 Å². The minimum Gasteiger partial charge on any atom is -1.00 e. The molecular formula is C19H19ClN3OS-. The van der Waals surface area contributed by atoms with Crippen LogP contribution < -0.4 is 23.9 Å². The number of nitrogens with two attached hydrogens (primary N) is 2. The first kappa shape index (κ1) is 17.7. The van der Waals surface area contributed by atoms with Crippen LogP contribution in [0.3, 0.4) is 0 Å². The number of primary amides is 1. The van der Waals surface area contributed by atoms with E-state index in [-0.39, 0.29) is 12.4 Å². The number of carbonyl (C=O) groups excluding carboxylic acids is 1. The average molecular weight is 373 g/mol. The quantitative estimate of drug-likeness (QED) is 0.699. The first-order chi connectivity index (χ1) is 11.6. The van der Waals surface area contributed by atoms with E-state index in [1.165, 1.54) is 22.5 Å². The van der Waals surface area contributed by atoms with Gasteiger partial charge in [0.15, 0.2) is 0 Å². The summed E-state index contributed by atoms with van der Waals surface area (Å²) in [5, 5.41) is 0.887. The van der Waals surface area contributed by atoms with Gasteiger partial charge < -0.3 is 23.9 Å². The lowest BCUT2D eigenvalue weighted by atomic mass is 9.87. The van der Waals surface area contributed by atoms with E-state index >= 15 is 0 Å². The summed E-state index contributed by atoms with van der Waals surface area (Å²) in [7, 11) is 0. The van der Waals surface area contributed by atoms with Crippen molar-refractivity contribution < 1.29 is 17.2 Å². The number of pyridine rings is 1. The van der Waals surface area contributed by atoms with Crippen molar-refractivity contribution in [2.75, 3.05) is 5.73 Å². The summed E-state index contributed by atoms with van der Waals surface area (Å²) in [4.78, 5) is 17.8. The van der Waals surface area contributed by atoms with Crippen LogP contribution >= 0.6 is 11.3 Å². The second kappa shape index (κ2) is 6.65. The zero-order valence-corrected chi connectivity index (χ0v) is 15.5. The molecule has 1 aliphatic carbocycles. The Morgan fingerprint density at radius 2 is 1.84 bits per heavy atom. The van der Waals surface area contributed by atoms with Gasteiger partial charge in [-0.15, -0.1) is 11.3 Å². The lowest BCUT2D eigenvalue weighted by Gasteiger charge is -2.20. The Bertz CT molecular complexity index is 963. The molecule has 0 saturated heterocycles. The lowest BCUT2D eigenvalue weighted by Crippen LogP contribution is -3.00. The van der Waals surface area contributed by atoms with E-state index < -0.39 is 5.91 Å². The molecule has 0 bridgehead atoms. The average Bonchev–Trinajstić information content (AvgIpc) is 2.90. The van der Waals surface area contributed by atoms with Crippen LogP contribution in [0.25, 0.3) is 21.3 Å². The molecule has 0 radical (unpaired) electrons. The molecule has 25 heavy (non-hydrogen) atoms. The zero-order chi connectivity index (χ0) is 16.8. The fourth-order valence-electron chi connectivity index (χ4n) is 3.53. The Labute approximate surface area is 156 Å².